The van der Waals surface area contributed by atoms with E-state index in [-0.39, 0.29) is 5.78 Å². The molecule has 2 aliphatic rings. The highest BCUT2D eigenvalue weighted by molar-refractivity contribution is 5.99. The number of Topliss-reactive ketones (excluding diaryl/α,β-unsaturated/α-hetero) is 1. The Morgan fingerprint density at radius 2 is 2.00 bits per heavy atom. The van der Waals surface area contributed by atoms with Crippen LogP contribution in [0.1, 0.15) is 59.2 Å². The number of carbonyl (C=O) groups excluding carboxylic acids is 1. The topological polar surface area (TPSA) is 42.9 Å². The fraction of sp³-hybridized carbons (Fsp3) is 0.583. The highest BCUT2D eigenvalue weighted by atomic mass is 16.1. The van der Waals surface area contributed by atoms with E-state index >= 15 is 0 Å². The van der Waals surface area contributed by atoms with Crippen LogP contribution in [0.5, 0.6) is 0 Å². The predicted octanol–water partition coefficient (Wildman–Crippen LogP) is 2.18. The number of hydrogen-bond donors (Lipinski definition) is 0. The van der Waals surface area contributed by atoms with E-state index in [0.29, 0.717) is 12.3 Å². The average Bonchev–Trinajstić information content (AvgIpc) is 2.99. The molecule has 3 nitrogen and oxygen atoms in total. The molecule has 0 atom stereocenters. The highest BCUT2D eigenvalue weighted by Gasteiger charge is 2.33. The van der Waals surface area contributed by atoms with Crippen molar-refractivity contribution in [3.63, 3.8) is 0 Å². The van der Waals surface area contributed by atoms with Crippen LogP contribution in [0, 0.1) is 6.92 Å². The average molecular weight is 202 g/mol. The molecule has 0 saturated heterocycles. The Balaban J connectivity index is 2.19. The summed E-state index contributed by atoms with van der Waals surface area (Å²) < 4.78 is 0. The molecule has 2 aliphatic carbocycles. The standard InChI is InChI=1S/C12H14N2O/c1-7-13-9-3-2-4-10(15)11(9)12(14-7)8-5-6-8/h8H,2-6H2,1H3. The molecule has 0 aromatic carbocycles. The van der Waals surface area contributed by atoms with Gasteiger partial charge in [0.15, 0.2) is 5.78 Å². The number of fused-ring (bicyclic) bond motifs is 1. The summed E-state index contributed by atoms with van der Waals surface area (Å²) in [5.74, 6) is 1.63. The van der Waals surface area contributed by atoms with Crippen molar-refractivity contribution in [2.45, 2.75) is 44.9 Å². The smallest absolute Gasteiger partial charge is 0.166 e. The van der Waals surface area contributed by atoms with E-state index in [4.69, 9.17) is 0 Å². The van der Waals surface area contributed by atoms with E-state index in [0.717, 1.165) is 35.6 Å². The van der Waals surface area contributed by atoms with E-state index in [1.54, 1.807) is 0 Å². The SMILES string of the molecule is Cc1nc2c(c(C3CC3)n1)C(=O)CCC2. The van der Waals surface area contributed by atoms with E-state index in [9.17, 15) is 4.79 Å². The van der Waals surface area contributed by atoms with E-state index in [1.807, 2.05) is 6.92 Å². The maximum absolute atomic E-state index is 11.9. The van der Waals surface area contributed by atoms with Gasteiger partial charge in [-0.2, -0.15) is 0 Å². The van der Waals surface area contributed by atoms with Crippen molar-refractivity contribution in [2.24, 2.45) is 0 Å². The first-order valence-corrected chi connectivity index (χ1v) is 5.66. The van der Waals surface area contributed by atoms with E-state index < -0.39 is 0 Å². The molecule has 3 heteroatoms. The third-order valence-corrected chi connectivity index (χ3v) is 3.18. The maximum atomic E-state index is 11.9. The third kappa shape index (κ3) is 1.46. The first-order chi connectivity index (χ1) is 7.25. The Kier molecular flexibility index (Phi) is 1.87. The Morgan fingerprint density at radius 3 is 2.73 bits per heavy atom. The van der Waals surface area contributed by atoms with E-state index in [1.165, 1.54) is 12.8 Å². The normalized spacial score (nSPS) is 20.2. The van der Waals surface area contributed by atoms with Crippen molar-refractivity contribution in [2.75, 3.05) is 0 Å². The largest absolute Gasteiger partial charge is 0.294 e. The Bertz CT molecular complexity index is 435. The van der Waals surface area contributed by atoms with E-state index in [2.05, 4.69) is 9.97 Å². The molecule has 0 bridgehead atoms. The minimum Gasteiger partial charge on any atom is -0.294 e. The third-order valence-electron chi connectivity index (χ3n) is 3.18. The van der Waals surface area contributed by atoms with Crippen LogP contribution < -0.4 is 0 Å². The maximum Gasteiger partial charge on any atom is 0.166 e. The van der Waals surface area contributed by atoms with Gasteiger partial charge in [-0.15, -0.1) is 0 Å². The zero-order valence-electron chi connectivity index (χ0n) is 8.92. The minimum absolute atomic E-state index is 0.262. The quantitative estimate of drug-likeness (QED) is 0.701. The van der Waals surface area contributed by atoms with Crippen LogP contribution in [-0.4, -0.2) is 15.8 Å². The van der Waals surface area contributed by atoms with Gasteiger partial charge in [-0.3, -0.25) is 4.79 Å². The molecular weight excluding hydrogens is 188 g/mol. The van der Waals surface area contributed by atoms with Gasteiger partial charge in [0.2, 0.25) is 0 Å². The zero-order chi connectivity index (χ0) is 10.4. The van der Waals surface area contributed by atoms with Crippen LogP contribution in [0.25, 0.3) is 0 Å². The molecule has 0 N–H and O–H groups in total. The Morgan fingerprint density at radius 1 is 1.20 bits per heavy atom. The number of aromatic nitrogens is 2. The number of aryl methyl sites for hydroxylation is 2. The summed E-state index contributed by atoms with van der Waals surface area (Å²) in [5.41, 5.74) is 2.91. The molecule has 0 amide bonds. The van der Waals surface area contributed by atoms with Gasteiger partial charge >= 0.3 is 0 Å². The lowest BCUT2D eigenvalue weighted by Crippen LogP contribution is -2.17. The zero-order valence-corrected chi connectivity index (χ0v) is 8.92. The van der Waals surface area contributed by atoms with Crippen molar-refractivity contribution >= 4 is 5.78 Å². The lowest BCUT2D eigenvalue weighted by Gasteiger charge is -2.17. The molecule has 3 rings (SSSR count). The molecule has 1 saturated carbocycles. The summed E-state index contributed by atoms with van der Waals surface area (Å²) >= 11 is 0. The fourth-order valence-corrected chi connectivity index (χ4v) is 2.33. The molecule has 15 heavy (non-hydrogen) atoms. The number of rotatable bonds is 1. The molecule has 0 spiro atoms. The summed E-state index contributed by atoms with van der Waals surface area (Å²) in [6.07, 6.45) is 4.96. The van der Waals surface area contributed by atoms with Gasteiger partial charge < -0.3 is 0 Å². The minimum atomic E-state index is 0.262. The van der Waals surface area contributed by atoms with Crippen molar-refractivity contribution in [3.05, 3.63) is 22.8 Å². The van der Waals surface area contributed by atoms with Gasteiger partial charge in [0.05, 0.1) is 17.0 Å². The fourth-order valence-electron chi connectivity index (χ4n) is 2.33. The second kappa shape index (κ2) is 3.12. The monoisotopic (exact) mass is 202 g/mol. The van der Waals surface area contributed by atoms with Crippen LogP contribution in [0.4, 0.5) is 0 Å². The van der Waals surface area contributed by atoms with Crippen molar-refractivity contribution in [1.29, 1.82) is 0 Å². The van der Waals surface area contributed by atoms with Gasteiger partial charge in [0, 0.05) is 12.3 Å². The van der Waals surface area contributed by atoms with Crippen LogP contribution in [0.2, 0.25) is 0 Å². The molecule has 1 aromatic heterocycles. The predicted molar refractivity (Wildman–Crippen MR) is 56.0 cm³/mol. The summed E-state index contributed by atoms with van der Waals surface area (Å²) in [5, 5.41) is 0. The van der Waals surface area contributed by atoms with Crippen molar-refractivity contribution in [3.8, 4) is 0 Å². The number of nitrogens with zero attached hydrogens (tertiary/aromatic N) is 2. The van der Waals surface area contributed by atoms with Gasteiger partial charge in [-0.25, -0.2) is 9.97 Å². The van der Waals surface area contributed by atoms with Crippen LogP contribution in [0.3, 0.4) is 0 Å². The van der Waals surface area contributed by atoms with Crippen LogP contribution >= 0.6 is 0 Å². The number of hydrogen-bond acceptors (Lipinski definition) is 3. The molecule has 0 unspecified atom stereocenters. The van der Waals surface area contributed by atoms with Crippen molar-refractivity contribution < 1.29 is 4.79 Å². The molecule has 78 valence electrons. The van der Waals surface area contributed by atoms with Gasteiger partial charge in [-0.05, 0) is 32.6 Å². The second-order valence-electron chi connectivity index (χ2n) is 4.53. The molecular formula is C12H14N2O. The number of ketones is 1. The lowest BCUT2D eigenvalue weighted by molar-refractivity contribution is 0.0970. The van der Waals surface area contributed by atoms with Crippen molar-refractivity contribution in [1.82, 2.24) is 9.97 Å². The summed E-state index contributed by atoms with van der Waals surface area (Å²) in [4.78, 5) is 20.7. The molecule has 1 aromatic rings. The molecule has 0 aliphatic heterocycles. The Hall–Kier alpha value is -1.25. The summed E-state index contributed by atoms with van der Waals surface area (Å²) in [7, 11) is 0. The van der Waals surface area contributed by atoms with Gasteiger partial charge in [0.25, 0.3) is 0 Å². The van der Waals surface area contributed by atoms with Crippen LogP contribution in [-0.2, 0) is 6.42 Å². The summed E-state index contributed by atoms with van der Waals surface area (Å²) in [6, 6.07) is 0. The molecule has 0 radical (unpaired) electrons. The molecule has 1 heterocycles. The lowest BCUT2D eigenvalue weighted by atomic mass is 9.92. The Labute approximate surface area is 88.9 Å². The second-order valence-corrected chi connectivity index (χ2v) is 4.53. The highest BCUT2D eigenvalue weighted by Crippen LogP contribution is 2.42. The van der Waals surface area contributed by atoms with Crippen LogP contribution in [0.15, 0.2) is 0 Å². The van der Waals surface area contributed by atoms with Gasteiger partial charge in [-0.1, -0.05) is 0 Å². The summed E-state index contributed by atoms with van der Waals surface area (Å²) in [6.45, 7) is 1.92. The first-order valence-electron chi connectivity index (χ1n) is 5.66. The number of carbonyl (C=O) groups is 1. The first kappa shape index (κ1) is 9.01. The van der Waals surface area contributed by atoms with Gasteiger partial charge in [0.1, 0.15) is 5.82 Å². The molecule has 1 fully saturated rings.